The summed E-state index contributed by atoms with van der Waals surface area (Å²) in [5.74, 6) is -0.860. The molecule has 0 aromatic carbocycles. The highest BCUT2D eigenvalue weighted by Gasteiger charge is 2.59. The first-order valence-electron chi connectivity index (χ1n) is 9.51. The lowest BCUT2D eigenvalue weighted by molar-refractivity contribution is -0.149. The molecule has 6 nitrogen and oxygen atoms in total. The summed E-state index contributed by atoms with van der Waals surface area (Å²) in [7, 11) is 0. The van der Waals surface area contributed by atoms with Gasteiger partial charge in [0.15, 0.2) is 0 Å². The largest absolute Gasteiger partial charge is 0.480 e. The van der Waals surface area contributed by atoms with Gasteiger partial charge in [0.25, 0.3) is 0 Å². The Morgan fingerprint density at radius 1 is 0.958 bits per heavy atom. The Morgan fingerprint density at radius 3 is 2.42 bits per heavy atom. The molecule has 0 bridgehead atoms. The number of carboxylic acid groups (broad SMARTS) is 2. The van der Waals surface area contributed by atoms with Crippen molar-refractivity contribution in [2.75, 3.05) is 0 Å². The Hall–Kier alpha value is -1.14. The topological polar surface area (TPSA) is 98.7 Å². The number of aliphatic carboxylic acids is 2. The number of hydrogen-bond acceptors (Lipinski definition) is 4. The first-order valence-corrected chi connectivity index (χ1v) is 9.51. The number of carbonyl (C=O) groups is 2. The van der Waals surface area contributed by atoms with Gasteiger partial charge in [0.2, 0.25) is 0 Å². The van der Waals surface area contributed by atoms with Gasteiger partial charge in [-0.05, 0) is 56.3 Å². The predicted octanol–water partition coefficient (Wildman–Crippen LogP) is 1.59. The molecule has 24 heavy (non-hydrogen) atoms. The van der Waals surface area contributed by atoms with Crippen molar-refractivity contribution in [1.82, 2.24) is 10.6 Å². The van der Waals surface area contributed by atoms with Crippen molar-refractivity contribution in [2.24, 2.45) is 17.8 Å². The lowest BCUT2D eigenvalue weighted by Gasteiger charge is -2.43. The van der Waals surface area contributed by atoms with Crippen molar-refractivity contribution in [2.45, 2.75) is 81.5 Å². The van der Waals surface area contributed by atoms with Gasteiger partial charge in [-0.3, -0.25) is 14.9 Å². The van der Waals surface area contributed by atoms with E-state index in [2.05, 4.69) is 10.6 Å². The number of carboxylic acids is 2. The van der Waals surface area contributed by atoms with Crippen LogP contribution in [0.25, 0.3) is 0 Å². The van der Waals surface area contributed by atoms with Gasteiger partial charge in [-0.2, -0.15) is 0 Å². The van der Waals surface area contributed by atoms with Crippen molar-refractivity contribution < 1.29 is 19.8 Å². The Balaban J connectivity index is 1.61. The number of hydrogen-bond donors (Lipinski definition) is 4. The summed E-state index contributed by atoms with van der Waals surface area (Å²) < 4.78 is 0. The summed E-state index contributed by atoms with van der Waals surface area (Å²) >= 11 is 0. The number of nitrogens with one attached hydrogen (secondary N) is 2. The monoisotopic (exact) mass is 336 g/mol. The van der Waals surface area contributed by atoms with Crippen LogP contribution in [0.4, 0.5) is 0 Å². The molecule has 0 radical (unpaired) electrons. The molecule has 4 fully saturated rings. The van der Waals surface area contributed by atoms with Gasteiger partial charge in [0.05, 0.1) is 0 Å². The zero-order valence-corrected chi connectivity index (χ0v) is 14.0. The lowest BCUT2D eigenvalue weighted by Crippen LogP contribution is -2.59. The second-order valence-electron chi connectivity index (χ2n) is 8.38. The normalized spacial score (nSPS) is 47.8. The zero-order valence-electron chi connectivity index (χ0n) is 14.0. The molecule has 0 spiro atoms. The molecular formula is C18H28N2O4. The molecule has 0 aromatic heterocycles. The Morgan fingerprint density at radius 2 is 1.71 bits per heavy atom. The van der Waals surface area contributed by atoms with E-state index in [1.807, 2.05) is 0 Å². The van der Waals surface area contributed by atoms with E-state index in [0.717, 1.165) is 38.5 Å². The summed E-state index contributed by atoms with van der Waals surface area (Å²) in [6.45, 7) is 0. The first kappa shape index (κ1) is 16.3. The molecule has 2 heterocycles. The van der Waals surface area contributed by atoms with E-state index in [9.17, 15) is 19.8 Å². The molecule has 7 atom stereocenters. The van der Waals surface area contributed by atoms with Gasteiger partial charge in [0.1, 0.15) is 11.6 Å². The summed E-state index contributed by atoms with van der Waals surface area (Å²) in [4.78, 5) is 23.8. The van der Waals surface area contributed by atoms with Gasteiger partial charge in [-0.15, -0.1) is 0 Å². The Bertz CT molecular complexity index is 523. The van der Waals surface area contributed by atoms with E-state index < -0.39 is 23.5 Å². The molecule has 4 rings (SSSR count). The van der Waals surface area contributed by atoms with E-state index in [1.54, 1.807) is 0 Å². The summed E-state index contributed by atoms with van der Waals surface area (Å²) in [6.07, 6.45) is 8.73. The van der Waals surface area contributed by atoms with E-state index >= 15 is 0 Å². The average molecular weight is 336 g/mol. The van der Waals surface area contributed by atoms with Crippen LogP contribution in [-0.2, 0) is 9.59 Å². The minimum absolute atomic E-state index is 0.0381. The minimum Gasteiger partial charge on any atom is -0.480 e. The Labute approximate surface area is 142 Å². The molecule has 4 aliphatic rings. The second kappa shape index (κ2) is 5.99. The fraction of sp³-hybridized carbons (Fsp3) is 0.889. The maximum atomic E-state index is 12.4. The molecule has 2 aliphatic carbocycles. The quantitative estimate of drug-likeness (QED) is 0.625. The molecule has 0 aromatic rings. The number of fused-ring (bicyclic) bond motifs is 2. The van der Waals surface area contributed by atoms with E-state index in [4.69, 9.17) is 0 Å². The summed E-state index contributed by atoms with van der Waals surface area (Å²) in [5, 5.41) is 26.3. The summed E-state index contributed by atoms with van der Waals surface area (Å²) in [6, 6.07) is -0.0273. The van der Waals surface area contributed by atoms with Crippen LogP contribution in [0.3, 0.4) is 0 Å². The van der Waals surface area contributed by atoms with Crippen LogP contribution < -0.4 is 10.6 Å². The van der Waals surface area contributed by atoms with Crippen LogP contribution in [-0.4, -0.2) is 45.8 Å². The summed E-state index contributed by atoms with van der Waals surface area (Å²) in [5.41, 5.74) is -0.849. The zero-order chi connectivity index (χ0) is 16.9. The molecule has 4 N–H and O–H groups in total. The fourth-order valence-electron chi connectivity index (χ4n) is 6.20. The van der Waals surface area contributed by atoms with Crippen LogP contribution in [0.1, 0.15) is 57.8 Å². The van der Waals surface area contributed by atoms with E-state index in [-0.39, 0.29) is 17.9 Å². The second-order valence-corrected chi connectivity index (χ2v) is 8.38. The van der Waals surface area contributed by atoms with Crippen molar-refractivity contribution in [1.29, 1.82) is 0 Å². The molecule has 134 valence electrons. The third kappa shape index (κ3) is 2.46. The molecule has 2 saturated heterocycles. The van der Waals surface area contributed by atoms with Gasteiger partial charge in [-0.1, -0.05) is 19.3 Å². The SMILES string of the molecule is O=C(O)[C@@H]1C[C@@H]2C([C@]3(C(=O)O)C[C@@H]4CCCC[C@@H]4N3)CCC[C@@H]2N1. The first-order chi connectivity index (χ1) is 11.5. The van der Waals surface area contributed by atoms with Crippen LogP contribution in [0, 0.1) is 17.8 Å². The smallest absolute Gasteiger partial charge is 0.324 e. The number of rotatable bonds is 3. The highest BCUT2D eigenvalue weighted by atomic mass is 16.4. The third-order valence-electron chi connectivity index (χ3n) is 7.24. The van der Waals surface area contributed by atoms with Gasteiger partial charge in [-0.25, -0.2) is 0 Å². The third-order valence-corrected chi connectivity index (χ3v) is 7.24. The van der Waals surface area contributed by atoms with Gasteiger partial charge < -0.3 is 15.5 Å². The highest BCUT2D eigenvalue weighted by molar-refractivity contribution is 5.80. The molecule has 0 amide bonds. The van der Waals surface area contributed by atoms with Crippen LogP contribution in [0.5, 0.6) is 0 Å². The predicted molar refractivity (Wildman–Crippen MR) is 87.7 cm³/mol. The fourth-order valence-corrected chi connectivity index (χ4v) is 6.20. The van der Waals surface area contributed by atoms with Crippen molar-refractivity contribution in [3.63, 3.8) is 0 Å². The standard InChI is InChI=1S/C18H28N2O4/c21-16(22)15-8-11-12(5-3-7-14(11)19-15)18(17(23)24)9-10-4-1-2-6-13(10)20-18/h10-15,19-20H,1-9H2,(H,21,22)(H,23,24)/t10-,11+,12?,13-,14-,15-,18-/m0/s1. The van der Waals surface area contributed by atoms with E-state index in [0.29, 0.717) is 18.4 Å². The van der Waals surface area contributed by atoms with Crippen LogP contribution in [0.2, 0.25) is 0 Å². The van der Waals surface area contributed by atoms with Crippen molar-refractivity contribution in [3.8, 4) is 0 Å². The maximum absolute atomic E-state index is 12.4. The van der Waals surface area contributed by atoms with Crippen LogP contribution in [0.15, 0.2) is 0 Å². The van der Waals surface area contributed by atoms with Crippen LogP contribution >= 0.6 is 0 Å². The average Bonchev–Trinajstić information content (AvgIpc) is 3.16. The molecule has 2 aliphatic heterocycles. The lowest BCUT2D eigenvalue weighted by atomic mass is 9.65. The van der Waals surface area contributed by atoms with Gasteiger partial charge in [0, 0.05) is 12.1 Å². The molecule has 2 saturated carbocycles. The molecule has 1 unspecified atom stereocenters. The van der Waals surface area contributed by atoms with Gasteiger partial charge >= 0.3 is 11.9 Å². The molecule has 6 heteroatoms. The minimum atomic E-state index is -0.849. The van der Waals surface area contributed by atoms with Crippen molar-refractivity contribution >= 4 is 11.9 Å². The van der Waals surface area contributed by atoms with Crippen molar-refractivity contribution in [3.05, 3.63) is 0 Å². The van der Waals surface area contributed by atoms with E-state index in [1.165, 1.54) is 12.8 Å². The molecular weight excluding hydrogens is 308 g/mol. The Kier molecular flexibility index (Phi) is 4.07. The maximum Gasteiger partial charge on any atom is 0.324 e. The highest BCUT2D eigenvalue weighted by Crippen LogP contribution is 2.50.